The fraction of sp³-hybridized carbons (Fsp3) is 1.00. The van der Waals surface area contributed by atoms with Gasteiger partial charge in [-0.3, -0.25) is 4.18 Å². The molecule has 0 saturated heterocycles. The van der Waals surface area contributed by atoms with Gasteiger partial charge in [0.1, 0.15) is 0 Å². The fourth-order valence-corrected chi connectivity index (χ4v) is 3.28. The Morgan fingerprint density at radius 3 is 1.17 bits per heavy atom. The summed E-state index contributed by atoms with van der Waals surface area (Å²) in [5.41, 5.74) is 0. The molecule has 5 heteroatoms. The van der Waals surface area contributed by atoms with E-state index >= 15 is 0 Å². The standard InChI is InChI=1S/C19H40O3S.Na.H/c1-3-4-5-6-7-8-9-10-11-12-13-14-15-16-17-18-19-22-23(2,20)21;;/h3-19H2,1-2H3;;. The van der Waals surface area contributed by atoms with E-state index in [0.29, 0.717) is 6.61 Å². The van der Waals surface area contributed by atoms with E-state index in [1.807, 2.05) is 0 Å². The van der Waals surface area contributed by atoms with Crippen LogP contribution in [0.4, 0.5) is 0 Å². The molecule has 0 N–H and O–H groups in total. The minimum atomic E-state index is -3.24. The quantitative estimate of drug-likeness (QED) is 0.179. The number of hydrogen-bond acceptors (Lipinski definition) is 3. The summed E-state index contributed by atoms with van der Waals surface area (Å²) < 4.78 is 26.3. The van der Waals surface area contributed by atoms with Gasteiger partial charge in [-0.2, -0.15) is 8.42 Å². The molecule has 0 aromatic carbocycles. The van der Waals surface area contributed by atoms with Crippen LogP contribution in [0, 0.1) is 0 Å². The van der Waals surface area contributed by atoms with E-state index in [4.69, 9.17) is 4.18 Å². The summed E-state index contributed by atoms with van der Waals surface area (Å²) in [7, 11) is -3.24. The Labute approximate surface area is 174 Å². The molecule has 0 aliphatic carbocycles. The van der Waals surface area contributed by atoms with Gasteiger partial charge in [0.15, 0.2) is 0 Å². The van der Waals surface area contributed by atoms with Crippen molar-refractivity contribution < 1.29 is 12.6 Å². The Bertz CT molecular complexity index is 332. The molecule has 3 nitrogen and oxygen atoms in total. The number of rotatable bonds is 18. The first-order valence-corrected chi connectivity index (χ1v) is 11.7. The third kappa shape index (κ3) is 25.2. The zero-order chi connectivity index (χ0) is 17.2. The molecule has 0 amide bonds. The van der Waals surface area contributed by atoms with Crippen molar-refractivity contribution in [2.45, 2.75) is 110 Å². The summed E-state index contributed by atoms with van der Waals surface area (Å²) in [5.74, 6) is 0. The van der Waals surface area contributed by atoms with Gasteiger partial charge in [0.2, 0.25) is 0 Å². The van der Waals surface area contributed by atoms with Crippen LogP contribution < -0.4 is 0 Å². The molecule has 0 radical (unpaired) electrons. The molecule has 142 valence electrons. The second kappa shape index (κ2) is 20.2. The maximum atomic E-state index is 10.8. The fourth-order valence-electron chi connectivity index (χ4n) is 2.86. The summed E-state index contributed by atoms with van der Waals surface area (Å²) in [6.07, 6.45) is 22.3. The van der Waals surface area contributed by atoms with Crippen LogP contribution >= 0.6 is 0 Å². The molecule has 0 rings (SSSR count). The van der Waals surface area contributed by atoms with Crippen LogP contribution in [0.25, 0.3) is 0 Å². The molecule has 0 heterocycles. The zero-order valence-electron chi connectivity index (χ0n) is 15.7. The monoisotopic (exact) mass is 372 g/mol. The van der Waals surface area contributed by atoms with Gasteiger partial charge < -0.3 is 0 Å². The van der Waals surface area contributed by atoms with Crippen molar-refractivity contribution >= 4 is 39.7 Å². The van der Waals surface area contributed by atoms with Gasteiger partial charge in [0.25, 0.3) is 10.1 Å². The Morgan fingerprint density at radius 2 is 0.875 bits per heavy atom. The van der Waals surface area contributed by atoms with Crippen LogP contribution in [-0.2, 0) is 14.3 Å². The van der Waals surface area contributed by atoms with Crippen LogP contribution in [-0.4, -0.2) is 50.8 Å². The van der Waals surface area contributed by atoms with E-state index in [1.54, 1.807) is 0 Å². The van der Waals surface area contributed by atoms with E-state index < -0.39 is 10.1 Å². The Balaban J connectivity index is 0. The summed E-state index contributed by atoms with van der Waals surface area (Å²) in [6.45, 7) is 2.62. The molecule has 0 atom stereocenters. The van der Waals surface area contributed by atoms with Crippen molar-refractivity contribution in [3.05, 3.63) is 0 Å². The van der Waals surface area contributed by atoms with E-state index in [9.17, 15) is 8.42 Å². The average molecular weight is 373 g/mol. The molecule has 0 unspecified atom stereocenters. The summed E-state index contributed by atoms with van der Waals surface area (Å²) in [5, 5.41) is 0. The van der Waals surface area contributed by atoms with Crippen LogP contribution in [0.3, 0.4) is 0 Å². The molecule has 0 saturated carbocycles. The minimum absolute atomic E-state index is 0. The van der Waals surface area contributed by atoms with Gasteiger partial charge >= 0.3 is 29.6 Å². The van der Waals surface area contributed by atoms with Crippen LogP contribution in [0.1, 0.15) is 110 Å². The third-order valence-corrected chi connectivity index (χ3v) is 4.89. The van der Waals surface area contributed by atoms with E-state index in [-0.39, 0.29) is 29.6 Å². The molecule has 0 aromatic heterocycles. The molecule has 0 spiro atoms. The van der Waals surface area contributed by atoms with E-state index in [1.165, 1.54) is 89.9 Å². The molecule has 24 heavy (non-hydrogen) atoms. The number of unbranched alkanes of at least 4 members (excludes halogenated alkanes) is 15. The predicted octanol–water partition coefficient (Wildman–Crippen LogP) is 5.58. The summed E-state index contributed by atoms with van der Waals surface area (Å²) in [6, 6.07) is 0. The molecule has 0 aliphatic rings. The van der Waals surface area contributed by atoms with Crippen molar-refractivity contribution in [3.63, 3.8) is 0 Å². The van der Waals surface area contributed by atoms with Gasteiger partial charge in [-0.15, -0.1) is 0 Å². The molecule has 0 aromatic rings. The zero-order valence-corrected chi connectivity index (χ0v) is 16.5. The maximum absolute atomic E-state index is 10.8. The Kier molecular flexibility index (Phi) is 22.9. The topological polar surface area (TPSA) is 43.4 Å². The average Bonchev–Trinajstić information content (AvgIpc) is 2.49. The van der Waals surface area contributed by atoms with Crippen LogP contribution in [0.15, 0.2) is 0 Å². The van der Waals surface area contributed by atoms with Crippen molar-refractivity contribution in [2.24, 2.45) is 0 Å². The molecule has 0 bridgehead atoms. The molecular formula is C19H41NaO3S. The van der Waals surface area contributed by atoms with E-state index in [0.717, 1.165) is 19.1 Å². The summed E-state index contributed by atoms with van der Waals surface area (Å²) in [4.78, 5) is 0. The Hall–Kier alpha value is 0.910. The van der Waals surface area contributed by atoms with Gasteiger partial charge in [-0.25, -0.2) is 0 Å². The first-order chi connectivity index (χ1) is 11.1. The predicted molar refractivity (Wildman–Crippen MR) is 107 cm³/mol. The second-order valence-electron chi connectivity index (χ2n) is 6.83. The third-order valence-electron chi connectivity index (χ3n) is 4.30. The van der Waals surface area contributed by atoms with Crippen LogP contribution in [0.2, 0.25) is 0 Å². The first-order valence-electron chi connectivity index (χ1n) is 9.90. The van der Waals surface area contributed by atoms with Gasteiger partial charge in [-0.05, 0) is 6.42 Å². The van der Waals surface area contributed by atoms with Crippen molar-refractivity contribution in [1.29, 1.82) is 0 Å². The normalized spacial score (nSPS) is 11.4. The first kappa shape index (κ1) is 27.1. The van der Waals surface area contributed by atoms with Gasteiger partial charge in [0.05, 0.1) is 12.9 Å². The van der Waals surface area contributed by atoms with Gasteiger partial charge in [-0.1, -0.05) is 103 Å². The second-order valence-corrected chi connectivity index (χ2v) is 8.47. The van der Waals surface area contributed by atoms with Crippen molar-refractivity contribution in [1.82, 2.24) is 0 Å². The molecular weight excluding hydrogens is 331 g/mol. The SMILES string of the molecule is CCCCCCCCCCCCCCCCCCOS(C)(=O)=O.[NaH]. The number of hydrogen-bond donors (Lipinski definition) is 0. The molecule has 0 aliphatic heterocycles. The summed E-state index contributed by atoms with van der Waals surface area (Å²) >= 11 is 0. The van der Waals surface area contributed by atoms with Crippen LogP contribution in [0.5, 0.6) is 0 Å². The molecule has 0 fully saturated rings. The van der Waals surface area contributed by atoms with Crippen molar-refractivity contribution in [3.8, 4) is 0 Å². The Morgan fingerprint density at radius 1 is 0.583 bits per heavy atom. The van der Waals surface area contributed by atoms with Crippen molar-refractivity contribution in [2.75, 3.05) is 12.9 Å². The van der Waals surface area contributed by atoms with E-state index in [2.05, 4.69) is 6.92 Å². The van der Waals surface area contributed by atoms with Gasteiger partial charge in [0, 0.05) is 0 Å².